The molecule has 1 unspecified atom stereocenters. The van der Waals surface area contributed by atoms with Crippen LogP contribution >= 0.6 is 0 Å². The number of aryl methyl sites for hydroxylation is 2. The molecule has 5 aromatic rings. The van der Waals surface area contributed by atoms with Gasteiger partial charge in [0.15, 0.2) is 11.4 Å². The third kappa shape index (κ3) is 9.27. The lowest BCUT2D eigenvalue weighted by atomic mass is 9.85. The maximum absolute atomic E-state index is 14.3. The molecule has 3 atom stereocenters. The predicted octanol–water partition coefficient (Wildman–Crippen LogP) is 5.48. The van der Waals surface area contributed by atoms with Crippen molar-refractivity contribution in [2.75, 3.05) is 31.6 Å². The molecule has 4 aromatic heterocycles. The highest BCUT2D eigenvalue weighted by Crippen LogP contribution is 2.35. The van der Waals surface area contributed by atoms with Crippen molar-refractivity contribution in [3.63, 3.8) is 0 Å². The number of para-hydroxylation sites is 1. The molecule has 1 aromatic carbocycles. The van der Waals surface area contributed by atoms with Crippen molar-refractivity contribution in [3.05, 3.63) is 75.7 Å². The first-order chi connectivity index (χ1) is 31.0. The topological polar surface area (TPSA) is 183 Å². The van der Waals surface area contributed by atoms with Crippen LogP contribution < -0.4 is 16.3 Å². The molecular weight excluding hydrogens is 827 g/mol. The van der Waals surface area contributed by atoms with Crippen molar-refractivity contribution in [1.29, 1.82) is 0 Å². The highest BCUT2D eigenvalue weighted by molar-refractivity contribution is 6.02. The van der Waals surface area contributed by atoms with Crippen LogP contribution in [0.5, 0.6) is 0 Å². The van der Waals surface area contributed by atoms with E-state index >= 15 is 0 Å². The van der Waals surface area contributed by atoms with E-state index in [1.807, 2.05) is 18.2 Å². The van der Waals surface area contributed by atoms with Crippen LogP contribution in [-0.2, 0) is 34.2 Å². The number of piperidine rings is 2. The Labute approximate surface area is 369 Å². The minimum absolute atomic E-state index is 0.0127. The molecule has 2 saturated carbocycles. The van der Waals surface area contributed by atoms with Crippen LogP contribution in [0, 0.1) is 5.92 Å². The lowest BCUT2D eigenvalue weighted by Crippen LogP contribution is -2.44. The number of ketones is 1. The van der Waals surface area contributed by atoms with E-state index in [0.717, 1.165) is 108 Å². The highest BCUT2D eigenvalue weighted by Gasteiger charge is 2.33. The third-order valence-electron chi connectivity index (χ3n) is 14.0. The van der Waals surface area contributed by atoms with E-state index in [1.54, 1.807) is 34.8 Å². The maximum atomic E-state index is 14.3. The first-order valence-corrected chi connectivity index (χ1v) is 23.1. The zero-order valence-corrected chi connectivity index (χ0v) is 36.3. The number of aliphatic hydroxyl groups is 1. The number of rotatable bonds is 15. The molecule has 16 nitrogen and oxygen atoms in total. The summed E-state index contributed by atoms with van der Waals surface area (Å²) in [6.07, 6.45) is 12.5. The summed E-state index contributed by atoms with van der Waals surface area (Å²) in [5.41, 5.74) is 2.69. The zero-order chi connectivity index (χ0) is 44.5. The molecule has 0 bridgehead atoms. The van der Waals surface area contributed by atoms with Gasteiger partial charge in [0.25, 0.3) is 6.43 Å². The third-order valence-corrected chi connectivity index (χ3v) is 14.0. The normalized spacial score (nSPS) is 23.9. The molecule has 9 rings (SSSR count). The van der Waals surface area contributed by atoms with Gasteiger partial charge < -0.3 is 20.1 Å². The number of ether oxygens (including phenoxy) is 1. The summed E-state index contributed by atoms with van der Waals surface area (Å²) in [4.78, 5) is 58.4. The number of hydrogen-bond donors (Lipinski definition) is 3. The number of imidazole rings is 1. The number of anilines is 1. The number of halogens is 2. The highest BCUT2D eigenvalue weighted by atomic mass is 19.3. The summed E-state index contributed by atoms with van der Waals surface area (Å²) in [5.74, 6) is -0.0854. The average Bonchev–Trinajstić information content (AvgIpc) is 3.98. The molecule has 4 aliphatic rings. The Hall–Kier alpha value is -5.33. The monoisotopic (exact) mass is 884 g/mol. The number of imide groups is 1. The zero-order valence-electron chi connectivity index (χ0n) is 36.3. The fourth-order valence-corrected chi connectivity index (χ4v) is 10.5. The lowest BCUT2D eigenvalue weighted by Gasteiger charge is -2.36. The van der Waals surface area contributed by atoms with Gasteiger partial charge in [-0.1, -0.05) is 25.0 Å². The van der Waals surface area contributed by atoms with E-state index in [9.17, 15) is 33.1 Å². The Morgan fingerprint density at radius 1 is 1.00 bits per heavy atom. The van der Waals surface area contributed by atoms with Crippen LogP contribution in [0.1, 0.15) is 129 Å². The number of aromatic nitrogens is 7. The number of carbonyl (C=O) groups is 3. The van der Waals surface area contributed by atoms with Crippen LogP contribution in [0.2, 0.25) is 0 Å². The minimum Gasteiger partial charge on any atom is -0.391 e. The van der Waals surface area contributed by atoms with E-state index < -0.39 is 24.5 Å². The fraction of sp³-hybridized carbons (Fsp3) is 0.587. The molecular formula is C46H58F2N10O6. The molecule has 4 fully saturated rings. The molecule has 342 valence electrons. The second-order valence-electron chi connectivity index (χ2n) is 18.3. The number of carbonyl (C=O) groups excluding carboxylic acids is 3. The fourth-order valence-electron chi connectivity index (χ4n) is 10.5. The Morgan fingerprint density at radius 2 is 1.80 bits per heavy atom. The van der Waals surface area contributed by atoms with E-state index in [1.165, 1.54) is 15.3 Å². The van der Waals surface area contributed by atoms with Gasteiger partial charge >= 0.3 is 5.69 Å². The first-order valence-electron chi connectivity index (χ1n) is 23.1. The molecule has 64 heavy (non-hydrogen) atoms. The molecule has 0 spiro atoms. The summed E-state index contributed by atoms with van der Waals surface area (Å²) in [6, 6.07) is 6.67. The largest absolute Gasteiger partial charge is 0.391 e. The Bertz CT molecular complexity index is 2550. The Morgan fingerprint density at radius 3 is 2.56 bits per heavy atom. The van der Waals surface area contributed by atoms with Crippen molar-refractivity contribution in [2.24, 2.45) is 13.0 Å². The summed E-state index contributed by atoms with van der Waals surface area (Å²) in [5, 5.41) is 24.7. The number of nitrogens with zero attached hydrogens (tertiary/aromatic N) is 8. The summed E-state index contributed by atoms with van der Waals surface area (Å²) < 4.78 is 41.3. The van der Waals surface area contributed by atoms with Crippen molar-refractivity contribution in [1.82, 2.24) is 43.7 Å². The first kappa shape index (κ1) is 43.9. The number of benzene rings is 1. The van der Waals surface area contributed by atoms with Crippen LogP contribution in [0.4, 0.5) is 14.6 Å². The SMILES string of the molecule is Cn1c(=O)n(C2CCC(=O)NC2=O)c2cccc(CCCOC3CCN(CC4CCC(n5cc(CC(=O)c6cnn7ccc(N[C@@H]8CCCC[C@@H]8O)nc67)c(C(F)F)n5)CC4)CC3)c21. The molecule has 0 radical (unpaired) electrons. The van der Waals surface area contributed by atoms with Gasteiger partial charge in [-0.15, -0.1) is 0 Å². The Balaban J connectivity index is 0.728. The Kier molecular flexibility index (Phi) is 13.0. The number of amides is 2. The van der Waals surface area contributed by atoms with Crippen LogP contribution in [0.15, 0.2) is 47.7 Å². The van der Waals surface area contributed by atoms with Gasteiger partial charge in [0.1, 0.15) is 17.6 Å². The molecule has 3 N–H and O–H groups in total. The number of hydrogen-bond acceptors (Lipinski definition) is 11. The predicted molar refractivity (Wildman–Crippen MR) is 233 cm³/mol. The van der Waals surface area contributed by atoms with E-state index in [0.29, 0.717) is 35.9 Å². The molecule has 2 amide bonds. The molecule has 6 heterocycles. The van der Waals surface area contributed by atoms with Crippen LogP contribution in [0.3, 0.4) is 0 Å². The number of alkyl halides is 2. The van der Waals surface area contributed by atoms with Gasteiger partial charge in [-0.2, -0.15) is 10.2 Å². The van der Waals surface area contributed by atoms with E-state index in [-0.39, 0.29) is 65.2 Å². The van der Waals surface area contributed by atoms with E-state index in [4.69, 9.17) is 4.74 Å². The lowest BCUT2D eigenvalue weighted by molar-refractivity contribution is -0.135. The van der Waals surface area contributed by atoms with Crippen molar-refractivity contribution < 1.29 is 33.0 Å². The quantitative estimate of drug-likeness (QED) is 0.0688. The molecule has 2 aliphatic heterocycles. The van der Waals surface area contributed by atoms with Crippen molar-refractivity contribution >= 4 is 40.1 Å². The second kappa shape index (κ2) is 19.0. The standard InChI is InChI=1S/C46H58F2N10O6/c1-54-42-29(6-4-9-35(42)58(46(54)63)36-15-16-40(61)52-45(36)62)7-5-23-64-32-17-20-55(21-18-32)26-28-11-13-31(14-12-28)57-27-30(41(53-57)43(47)48)24-38(60)33-25-49-56-22-19-39(51-44(33)56)50-34-8-2-3-10-37(34)59/h4,6,9,19,22,25,27-28,31-32,34,36-37,43,59H,2-3,5,7-8,10-18,20-21,23-24,26H2,1H3,(H,50,51)(H,52,61,62)/t28?,31?,34-,36?,37+/m1/s1. The number of aliphatic hydroxyl groups excluding tert-OH is 1. The maximum Gasteiger partial charge on any atom is 0.329 e. The van der Waals surface area contributed by atoms with Gasteiger partial charge in [0.2, 0.25) is 11.8 Å². The van der Waals surface area contributed by atoms with Crippen molar-refractivity contribution in [2.45, 2.75) is 133 Å². The minimum atomic E-state index is -2.81. The number of likely N-dealkylation sites (tertiary alicyclic amines) is 1. The smallest absolute Gasteiger partial charge is 0.329 e. The number of fused-ring (bicyclic) bond motifs is 2. The van der Waals surface area contributed by atoms with Gasteiger partial charge in [0.05, 0.1) is 47.1 Å². The van der Waals surface area contributed by atoms with Gasteiger partial charge in [-0.25, -0.2) is 23.1 Å². The van der Waals surface area contributed by atoms with Gasteiger partial charge in [0, 0.05) is 64.1 Å². The number of Topliss-reactive ketones (excluding diaryl/α,β-unsaturated/α-hetero) is 1. The summed E-state index contributed by atoms with van der Waals surface area (Å²) in [7, 11) is 1.72. The van der Waals surface area contributed by atoms with Gasteiger partial charge in [-0.3, -0.25) is 33.5 Å². The molecule has 2 aliphatic carbocycles. The summed E-state index contributed by atoms with van der Waals surface area (Å²) in [6.45, 7) is 3.51. The number of nitrogens with one attached hydrogen (secondary N) is 2. The van der Waals surface area contributed by atoms with Crippen LogP contribution in [-0.4, -0.2) is 106 Å². The molecule has 18 heteroatoms. The average molecular weight is 885 g/mol. The van der Waals surface area contributed by atoms with E-state index in [2.05, 4.69) is 30.7 Å². The summed E-state index contributed by atoms with van der Waals surface area (Å²) >= 11 is 0. The van der Waals surface area contributed by atoms with Crippen LogP contribution in [0.25, 0.3) is 16.7 Å². The second-order valence-corrected chi connectivity index (χ2v) is 18.3. The van der Waals surface area contributed by atoms with Crippen molar-refractivity contribution in [3.8, 4) is 0 Å². The van der Waals surface area contributed by atoms with Gasteiger partial charge in [-0.05, 0) is 94.2 Å². The molecule has 2 saturated heterocycles.